The highest BCUT2D eigenvalue weighted by Crippen LogP contribution is 2.27. The molecule has 0 saturated heterocycles. The molecule has 1 rings (SSSR count). The molecular formula is C12H16N2. The fourth-order valence-electron chi connectivity index (χ4n) is 2.06. The van der Waals surface area contributed by atoms with E-state index >= 15 is 0 Å². The minimum atomic E-state index is 0.265. The van der Waals surface area contributed by atoms with Crippen LogP contribution in [0.5, 0.6) is 0 Å². The molecular weight excluding hydrogens is 172 g/mol. The van der Waals surface area contributed by atoms with Gasteiger partial charge in [0.15, 0.2) is 0 Å². The Morgan fingerprint density at radius 2 is 1.79 bits per heavy atom. The van der Waals surface area contributed by atoms with E-state index in [-0.39, 0.29) is 5.57 Å². The van der Waals surface area contributed by atoms with Crippen LogP contribution in [0.2, 0.25) is 0 Å². The lowest BCUT2D eigenvalue weighted by molar-refractivity contribution is 0.341. The molecule has 1 saturated carbocycles. The van der Waals surface area contributed by atoms with Crippen LogP contribution >= 0.6 is 0 Å². The molecule has 74 valence electrons. The number of nitrogens with zero attached hydrogens (tertiary/aromatic N) is 2. The second kappa shape index (κ2) is 6.22. The van der Waals surface area contributed by atoms with Crippen LogP contribution < -0.4 is 0 Å². The summed E-state index contributed by atoms with van der Waals surface area (Å²) < 4.78 is 0. The normalized spacial score (nSPS) is 16.7. The van der Waals surface area contributed by atoms with Gasteiger partial charge < -0.3 is 0 Å². The second-order valence-corrected chi connectivity index (χ2v) is 3.92. The highest BCUT2D eigenvalue weighted by atomic mass is 14.3. The fraction of sp³-hybridized carbons (Fsp3) is 0.667. The van der Waals surface area contributed by atoms with Crippen molar-refractivity contribution >= 4 is 0 Å². The third-order valence-corrected chi connectivity index (χ3v) is 2.89. The van der Waals surface area contributed by atoms with Crippen molar-refractivity contribution in [3.8, 4) is 12.1 Å². The van der Waals surface area contributed by atoms with Crippen LogP contribution in [0.25, 0.3) is 0 Å². The van der Waals surface area contributed by atoms with Crippen LogP contribution in [-0.4, -0.2) is 0 Å². The first-order valence-corrected chi connectivity index (χ1v) is 5.37. The second-order valence-electron chi connectivity index (χ2n) is 3.92. The van der Waals surface area contributed by atoms with Crippen molar-refractivity contribution < 1.29 is 0 Å². The lowest BCUT2D eigenvalue weighted by atomic mass is 9.86. The molecule has 0 heterocycles. The topological polar surface area (TPSA) is 47.6 Å². The van der Waals surface area contributed by atoms with Gasteiger partial charge in [-0.05, 0) is 18.8 Å². The van der Waals surface area contributed by atoms with Crippen molar-refractivity contribution in [1.82, 2.24) is 0 Å². The minimum absolute atomic E-state index is 0.265. The number of nitriles is 2. The Kier molecular flexibility index (Phi) is 4.79. The zero-order valence-electron chi connectivity index (χ0n) is 8.50. The van der Waals surface area contributed by atoms with E-state index in [2.05, 4.69) is 0 Å². The maximum absolute atomic E-state index is 8.52. The molecule has 0 N–H and O–H groups in total. The molecule has 2 heteroatoms. The summed E-state index contributed by atoms with van der Waals surface area (Å²) in [6, 6.07) is 3.78. The maximum Gasteiger partial charge on any atom is 0.125 e. The van der Waals surface area contributed by atoms with E-state index in [1.54, 1.807) is 6.08 Å². The van der Waals surface area contributed by atoms with E-state index in [0.29, 0.717) is 0 Å². The van der Waals surface area contributed by atoms with Gasteiger partial charge in [-0.15, -0.1) is 0 Å². The summed E-state index contributed by atoms with van der Waals surface area (Å²) >= 11 is 0. The molecule has 1 aliphatic carbocycles. The Labute approximate surface area is 85.8 Å². The van der Waals surface area contributed by atoms with Crippen molar-refractivity contribution in [2.75, 3.05) is 0 Å². The van der Waals surface area contributed by atoms with Crippen LogP contribution in [0.1, 0.15) is 44.9 Å². The molecule has 0 aromatic heterocycles. The van der Waals surface area contributed by atoms with E-state index in [4.69, 9.17) is 10.5 Å². The summed E-state index contributed by atoms with van der Waals surface area (Å²) in [6.45, 7) is 0. The summed E-state index contributed by atoms with van der Waals surface area (Å²) in [5.74, 6) is 0.832. The van der Waals surface area contributed by atoms with Crippen LogP contribution in [0.3, 0.4) is 0 Å². The first-order valence-electron chi connectivity index (χ1n) is 5.37. The van der Waals surface area contributed by atoms with Crippen LogP contribution in [0.15, 0.2) is 11.6 Å². The van der Waals surface area contributed by atoms with Gasteiger partial charge in [-0.3, -0.25) is 0 Å². The highest BCUT2D eigenvalue weighted by molar-refractivity contribution is 5.34. The Hall–Kier alpha value is -1.28. The van der Waals surface area contributed by atoms with Gasteiger partial charge in [-0.1, -0.05) is 38.2 Å². The number of allylic oxidation sites excluding steroid dienone is 2. The van der Waals surface area contributed by atoms with Gasteiger partial charge in [0.25, 0.3) is 0 Å². The van der Waals surface area contributed by atoms with Gasteiger partial charge in [0.1, 0.15) is 17.7 Å². The molecule has 0 bridgehead atoms. The Balaban J connectivity index is 2.24. The lowest BCUT2D eigenvalue weighted by Crippen LogP contribution is -2.05. The predicted molar refractivity (Wildman–Crippen MR) is 55.1 cm³/mol. The van der Waals surface area contributed by atoms with Gasteiger partial charge in [0.2, 0.25) is 0 Å². The van der Waals surface area contributed by atoms with Crippen LogP contribution in [-0.2, 0) is 0 Å². The third-order valence-electron chi connectivity index (χ3n) is 2.89. The quantitative estimate of drug-likeness (QED) is 0.638. The molecule has 1 aliphatic rings. The molecule has 0 spiro atoms. The van der Waals surface area contributed by atoms with E-state index < -0.39 is 0 Å². The first kappa shape index (κ1) is 10.8. The molecule has 0 unspecified atom stereocenters. The highest BCUT2D eigenvalue weighted by Gasteiger charge is 2.11. The molecule has 0 radical (unpaired) electrons. The van der Waals surface area contributed by atoms with Crippen LogP contribution in [0.4, 0.5) is 0 Å². The monoisotopic (exact) mass is 188 g/mol. The van der Waals surface area contributed by atoms with Crippen molar-refractivity contribution in [1.29, 1.82) is 10.5 Å². The van der Waals surface area contributed by atoms with E-state index in [1.807, 2.05) is 12.1 Å². The van der Waals surface area contributed by atoms with E-state index in [1.165, 1.54) is 32.1 Å². The third kappa shape index (κ3) is 3.62. The maximum atomic E-state index is 8.52. The van der Waals surface area contributed by atoms with Gasteiger partial charge >= 0.3 is 0 Å². The van der Waals surface area contributed by atoms with Crippen molar-refractivity contribution in [3.05, 3.63) is 11.6 Å². The molecule has 14 heavy (non-hydrogen) atoms. The average molecular weight is 188 g/mol. The van der Waals surface area contributed by atoms with Crippen molar-refractivity contribution in [2.24, 2.45) is 5.92 Å². The molecule has 0 amide bonds. The molecule has 1 fully saturated rings. The zero-order chi connectivity index (χ0) is 10.2. The average Bonchev–Trinajstić information content (AvgIpc) is 2.26. The number of rotatable bonds is 3. The Morgan fingerprint density at radius 3 is 2.36 bits per heavy atom. The minimum Gasteiger partial charge on any atom is -0.192 e. The fourth-order valence-corrected chi connectivity index (χ4v) is 2.06. The first-order chi connectivity index (χ1) is 6.86. The van der Waals surface area contributed by atoms with Crippen molar-refractivity contribution in [2.45, 2.75) is 44.9 Å². The van der Waals surface area contributed by atoms with E-state index in [9.17, 15) is 0 Å². The summed E-state index contributed by atoms with van der Waals surface area (Å²) in [5, 5.41) is 17.0. The van der Waals surface area contributed by atoms with Gasteiger partial charge in [0, 0.05) is 0 Å². The SMILES string of the molecule is N#CC(C#N)=CCCC1CCCCC1. The smallest absolute Gasteiger partial charge is 0.125 e. The summed E-state index contributed by atoms with van der Waals surface area (Å²) in [6.07, 6.45) is 10.6. The zero-order valence-corrected chi connectivity index (χ0v) is 8.50. The molecule has 0 aliphatic heterocycles. The summed E-state index contributed by atoms with van der Waals surface area (Å²) in [4.78, 5) is 0. The van der Waals surface area contributed by atoms with Crippen LogP contribution in [0, 0.1) is 28.6 Å². The standard InChI is InChI=1S/C12H16N2/c13-9-12(10-14)8-4-7-11-5-2-1-3-6-11/h8,11H,1-7H2. The van der Waals surface area contributed by atoms with Gasteiger partial charge in [-0.25, -0.2) is 0 Å². The Bertz CT molecular complexity index is 256. The molecule has 0 aromatic carbocycles. The molecule has 2 nitrogen and oxygen atoms in total. The summed E-state index contributed by atoms with van der Waals surface area (Å²) in [5.41, 5.74) is 0.265. The Morgan fingerprint density at radius 1 is 1.14 bits per heavy atom. The molecule has 0 aromatic rings. The van der Waals surface area contributed by atoms with Crippen molar-refractivity contribution in [3.63, 3.8) is 0 Å². The van der Waals surface area contributed by atoms with E-state index in [0.717, 1.165) is 18.8 Å². The predicted octanol–water partition coefficient (Wildman–Crippen LogP) is 3.32. The molecule has 0 atom stereocenters. The van der Waals surface area contributed by atoms with Gasteiger partial charge in [0.05, 0.1) is 0 Å². The number of hydrogen-bond acceptors (Lipinski definition) is 2. The largest absolute Gasteiger partial charge is 0.192 e. The van der Waals surface area contributed by atoms with Gasteiger partial charge in [-0.2, -0.15) is 10.5 Å². The lowest BCUT2D eigenvalue weighted by Gasteiger charge is -2.20. The summed E-state index contributed by atoms with van der Waals surface area (Å²) in [7, 11) is 0. The number of hydrogen-bond donors (Lipinski definition) is 0.